The van der Waals surface area contributed by atoms with Crippen molar-refractivity contribution in [3.8, 4) is 0 Å². The highest BCUT2D eigenvalue weighted by atomic mass is 16.6. The highest BCUT2D eigenvalue weighted by Crippen LogP contribution is 2.37. The van der Waals surface area contributed by atoms with E-state index in [4.69, 9.17) is 9.47 Å². The first-order valence-electron chi connectivity index (χ1n) is 12.2. The summed E-state index contributed by atoms with van der Waals surface area (Å²) in [5, 5.41) is 2.77. The van der Waals surface area contributed by atoms with Crippen LogP contribution in [0.1, 0.15) is 73.6 Å². The second kappa shape index (κ2) is 10.2. The van der Waals surface area contributed by atoms with Gasteiger partial charge >= 0.3 is 12.1 Å². The number of nitrogens with one attached hydrogen (secondary N) is 1. The number of alkyl carbamates (subject to hydrolysis) is 1. The topological polar surface area (TPSA) is 88.2 Å². The van der Waals surface area contributed by atoms with Crippen molar-refractivity contribution in [2.24, 2.45) is 0 Å². The van der Waals surface area contributed by atoms with Gasteiger partial charge in [0, 0.05) is 12.6 Å². The van der Waals surface area contributed by atoms with Crippen LogP contribution in [0.25, 0.3) is 0 Å². The second-order valence-electron chi connectivity index (χ2n) is 11.1. The van der Waals surface area contributed by atoms with Gasteiger partial charge in [0.15, 0.2) is 0 Å². The molecule has 0 bridgehead atoms. The number of benzene rings is 1. The van der Waals surface area contributed by atoms with Crippen LogP contribution >= 0.6 is 0 Å². The highest BCUT2D eigenvalue weighted by molar-refractivity contribution is 6.05. The molecule has 0 saturated heterocycles. The number of rotatable bonds is 4. The number of nitrogens with zero attached hydrogens (tertiary/aromatic N) is 2. The summed E-state index contributed by atoms with van der Waals surface area (Å²) in [5.74, 6) is -0.861. The number of fused-ring (bicyclic) bond motifs is 1. The first kappa shape index (κ1) is 25.8. The van der Waals surface area contributed by atoms with Crippen LogP contribution in [0.3, 0.4) is 0 Å². The van der Waals surface area contributed by atoms with Crippen LogP contribution in [0.5, 0.6) is 0 Å². The van der Waals surface area contributed by atoms with E-state index in [1.807, 2.05) is 24.3 Å². The molecular formula is C26H39N3O5. The number of carbonyl (C=O) groups excluding carboxylic acids is 3. The molecule has 2 aliphatic rings. The van der Waals surface area contributed by atoms with Crippen LogP contribution in [-0.4, -0.2) is 54.3 Å². The number of amides is 2. The Morgan fingerprint density at radius 2 is 1.53 bits per heavy atom. The molecule has 8 heteroatoms. The molecule has 0 radical (unpaired) electrons. The predicted molar refractivity (Wildman–Crippen MR) is 132 cm³/mol. The quantitative estimate of drug-likeness (QED) is 0.652. The summed E-state index contributed by atoms with van der Waals surface area (Å²) in [6.07, 6.45) is 4.85. The third kappa shape index (κ3) is 6.87. The summed E-state index contributed by atoms with van der Waals surface area (Å²) in [6, 6.07) is 7.01. The van der Waals surface area contributed by atoms with Gasteiger partial charge in [0.25, 0.3) is 5.91 Å². The van der Waals surface area contributed by atoms with E-state index < -0.39 is 29.3 Å². The third-order valence-corrected chi connectivity index (χ3v) is 5.84. The first-order valence-corrected chi connectivity index (χ1v) is 12.2. The van der Waals surface area contributed by atoms with Crippen LogP contribution in [0, 0.1) is 0 Å². The molecular weight excluding hydrogens is 434 g/mol. The normalized spacial score (nSPS) is 19.8. The molecule has 1 unspecified atom stereocenters. The van der Waals surface area contributed by atoms with Gasteiger partial charge < -0.3 is 19.7 Å². The third-order valence-electron chi connectivity index (χ3n) is 5.84. The van der Waals surface area contributed by atoms with Gasteiger partial charge in [0.05, 0.1) is 11.4 Å². The molecule has 2 amide bonds. The van der Waals surface area contributed by atoms with Crippen LogP contribution in [-0.2, 0) is 19.1 Å². The Kier molecular flexibility index (Phi) is 7.78. The highest BCUT2D eigenvalue weighted by Gasteiger charge is 2.39. The molecule has 1 heterocycles. The molecule has 1 N–H and O–H groups in total. The lowest BCUT2D eigenvalue weighted by Crippen LogP contribution is -2.55. The smallest absolute Gasteiger partial charge is 0.408 e. The van der Waals surface area contributed by atoms with E-state index in [-0.39, 0.29) is 18.5 Å². The van der Waals surface area contributed by atoms with E-state index in [9.17, 15) is 14.4 Å². The van der Waals surface area contributed by atoms with Gasteiger partial charge in [-0.05, 0) is 66.5 Å². The summed E-state index contributed by atoms with van der Waals surface area (Å²) in [7, 11) is 0. The number of para-hydroxylation sites is 2. The molecule has 1 aromatic rings. The van der Waals surface area contributed by atoms with Crippen LogP contribution < -0.4 is 15.1 Å². The molecule has 0 aromatic heterocycles. The number of esters is 1. The maximum atomic E-state index is 13.8. The molecule has 188 valence electrons. The van der Waals surface area contributed by atoms with Gasteiger partial charge in [-0.1, -0.05) is 31.4 Å². The van der Waals surface area contributed by atoms with Gasteiger partial charge in [0.1, 0.15) is 23.8 Å². The maximum Gasteiger partial charge on any atom is 0.408 e. The standard InChI is InChI=1S/C26H39N3O5/c1-25(2,3)33-22(30)17-29-21-15-11-10-14-20(21)28(18-12-8-7-9-13-18)16-19(23(29)31)27-24(32)34-26(4,5)6/h10-11,14-15,18-19H,7-9,12-13,16-17H2,1-6H3,(H,27,32). The largest absolute Gasteiger partial charge is 0.459 e. The fraction of sp³-hybridized carbons (Fsp3) is 0.654. The number of hydrogen-bond acceptors (Lipinski definition) is 6. The second-order valence-corrected chi connectivity index (χ2v) is 11.1. The number of anilines is 2. The van der Waals surface area contributed by atoms with Crippen LogP contribution in [0.4, 0.5) is 16.2 Å². The Bertz CT molecular complexity index is 896. The van der Waals surface area contributed by atoms with Crippen molar-refractivity contribution in [2.45, 2.75) is 96.9 Å². The number of ether oxygens (including phenoxy) is 2. The zero-order valence-corrected chi connectivity index (χ0v) is 21.3. The minimum absolute atomic E-state index is 0.238. The van der Waals surface area contributed by atoms with Gasteiger partial charge in [-0.15, -0.1) is 0 Å². The van der Waals surface area contributed by atoms with Crippen molar-refractivity contribution >= 4 is 29.3 Å². The van der Waals surface area contributed by atoms with E-state index in [0.717, 1.165) is 31.4 Å². The molecule has 8 nitrogen and oxygen atoms in total. The van der Waals surface area contributed by atoms with Crippen molar-refractivity contribution in [2.75, 3.05) is 22.9 Å². The molecule has 3 rings (SSSR count). The SMILES string of the molecule is CC(C)(C)OC(=O)CN1C(=O)C(NC(=O)OC(C)(C)C)CN(C2CCCCC2)c2ccccc21. The summed E-state index contributed by atoms with van der Waals surface area (Å²) in [4.78, 5) is 42.8. The van der Waals surface area contributed by atoms with Gasteiger partial charge in [-0.3, -0.25) is 14.5 Å². The molecule has 0 spiro atoms. The Hall–Kier alpha value is -2.77. The van der Waals surface area contributed by atoms with Crippen molar-refractivity contribution in [3.05, 3.63) is 24.3 Å². The molecule has 1 fully saturated rings. The van der Waals surface area contributed by atoms with Gasteiger partial charge in [-0.2, -0.15) is 0 Å². The lowest BCUT2D eigenvalue weighted by molar-refractivity contribution is -0.153. The Morgan fingerprint density at radius 1 is 0.941 bits per heavy atom. The lowest BCUT2D eigenvalue weighted by Gasteiger charge is -2.37. The Morgan fingerprint density at radius 3 is 2.12 bits per heavy atom. The van der Waals surface area contributed by atoms with Crippen LogP contribution in [0.2, 0.25) is 0 Å². The Labute approximate surface area is 202 Å². The zero-order chi connectivity index (χ0) is 25.1. The molecule has 1 saturated carbocycles. The fourth-order valence-corrected chi connectivity index (χ4v) is 4.58. The molecule has 1 aliphatic heterocycles. The lowest BCUT2D eigenvalue weighted by atomic mass is 9.93. The first-order chi connectivity index (χ1) is 15.8. The minimum Gasteiger partial charge on any atom is -0.459 e. The number of hydrogen-bond donors (Lipinski definition) is 1. The van der Waals surface area contributed by atoms with Crippen molar-refractivity contribution in [3.63, 3.8) is 0 Å². The summed E-state index contributed by atoms with van der Waals surface area (Å²) < 4.78 is 11.0. The van der Waals surface area contributed by atoms with Crippen molar-refractivity contribution < 1.29 is 23.9 Å². The summed E-state index contributed by atoms with van der Waals surface area (Å²) in [5.41, 5.74) is 0.172. The maximum absolute atomic E-state index is 13.8. The van der Waals surface area contributed by atoms with Crippen molar-refractivity contribution in [1.29, 1.82) is 0 Å². The molecule has 1 aromatic carbocycles. The van der Waals surface area contributed by atoms with Gasteiger partial charge in [-0.25, -0.2) is 4.79 Å². The Balaban J connectivity index is 1.97. The van der Waals surface area contributed by atoms with Crippen LogP contribution in [0.15, 0.2) is 24.3 Å². The van der Waals surface area contributed by atoms with E-state index in [2.05, 4.69) is 10.2 Å². The average molecular weight is 474 g/mol. The summed E-state index contributed by atoms with van der Waals surface area (Å²) >= 11 is 0. The minimum atomic E-state index is -0.869. The fourth-order valence-electron chi connectivity index (χ4n) is 4.58. The number of carbonyl (C=O) groups is 3. The molecule has 1 atom stereocenters. The van der Waals surface area contributed by atoms with Crippen molar-refractivity contribution in [1.82, 2.24) is 5.32 Å². The van der Waals surface area contributed by atoms with Gasteiger partial charge in [0.2, 0.25) is 0 Å². The molecule has 1 aliphatic carbocycles. The summed E-state index contributed by atoms with van der Waals surface area (Å²) in [6.45, 7) is 10.8. The predicted octanol–water partition coefficient (Wildman–Crippen LogP) is 4.41. The zero-order valence-electron chi connectivity index (χ0n) is 21.3. The molecule has 34 heavy (non-hydrogen) atoms. The van der Waals surface area contributed by atoms with E-state index in [1.165, 1.54) is 11.3 Å². The average Bonchev–Trinajstić information content (AvgIpc) is 2.82. The van der Waals surface area contributed by atoms with E-state index in [1.54, 1.807) is 41.5 Å². The monoisotopic (exact) mass is 473 g/mol. The van der Waals surface area contributed by atoms with E-state index in [0.29, 0.717) is 12.2 Å². The van der Waals surface area contributed by atoms with E-state index >= 15 is 0 Å².